The van der Waals surface area contributed by atoms with E-state index >= 15 is 0 Å². The molecule has 0 fully saturated rings. The highest BCUT2D eigenvalue weighted by atomic mass is 35.5. The van der Waals surface area contributed by atoms with Crippen LogP contribution in [-0.2, 0) is 13.5 Å². The lowest BCUT2D eigenvalue weighted by atomic mass is 10.00. The zero-order valence-corrected chi connectivity index (χ0v) is 12.3. The Morgan fingerprint density at radius 2 is 2.22 bits per heavy atom. The van der Waals surface area contributed by atoms with E-state index in [-0.39, 0.29) is 6.04 Å². The number of nitrogens with zero attached hydrogens (tertiary/aromatic N) is 2. The molecule has 0 aromatic carbocycles. The van der Waals surface area contributed by atoms with Crippen LogP contribution < -0.4 is 11.3 Å². The Kier molecular flexibility index (Phi) is 4.07. The first-order valence-corrected chi connectivity index (χ1v) is 7.03. The summed E-state index contributed by atoms with van der Waals surface area (Å²) in [4.78, 5) is 0. The Morgan fingerprint density at radius 1 is 1.50 bits per heavy atom. The number of thiophene rings is 1. The molecule has 0 aliphatic carbocycles. The molecule has 3 N–H and O–H groups in total. The zero-order valence-electron chi connectivity index (χ0n) is 10.7. The molecular weight excluding hydrogens is 268 g/mol. The summed E-state index contributed by atoms with van der Waals surface area (Å²) in [5.41, 5.74) is 7.35. The molecule has 1 atom stereocenters. The standard InChI is InChI=1S/C12H17ClN4S/c1-7-5-18-6-10(7)11(15-14)4-9-8(2)16-17(3)12(9)13/h5-6,11,15H,4,14H2,1-3H3. The monoisotopic (exact) mass is 284 g/mol. The molecular formula is C12H17ClN4S. The van der Waals surface area contributed by atoms with E-state index in [0.29, 0.717) is 5.15 Å². The molecule has 0 saturated heterocycles. The van der Waals surface area contributed by atoms with E-state index in [4.69, 9.17) is 17.4 Å². The lowest BCUT2D eigenvalue weighted by molar-refractivity contribution is 0.550. The molecule has 0 spiro atoms. The molecule has 2 heterocycles. The zero-order chi connectivity index (χ0) is 13.3. The van der Waals surface area contributed by atoms with E-state index in [1.807, 2.05) is 14.0 Å². The van der Waals surface area contributed by atoms with Crippen LogP contribution >= 0.6 is 22.9 Å². The van der Waals surface area contributed by atoms with Gasteiger partial charge in [0.05, 0.1) is 11.7 Å². The van der Waals surface area contributed by atoms with Crippen molar-refractivity contribution in [2.75, 3.05) is 0 Å². The van der Waals surface area contributed by atoms with E-state index in [1.165, 1.54) is 11.1 Å². The number of halogens is 1. The Morgan fingerprint density at radius 3 is 2.67 bits per heavy atom. The molecule has 6 heteroatoms. The van der Waals surface area contributed by atoms with Crippen molar-refractivity contribution in [3.05, 3.63) is 38.3 Å². The van der Waals surface area contributed by atoms with Crippen LogP contribution in [0.5, 0.6) is 0 Å². The molecule has 2 rings (SSSR count). The molecule has 0 aliphatic rings. The third-order valence-corrected chi connectivity index (χ3v) is 4.50. The van der Waals surface area contributed by atoms with Gasteiger partial charge in [-0.15, -0.1) is 0 Å². The van der Waals surface area contributed by atoms with E-state index in [0.717, 1.165) is 17.7 Å². The SMILES string of the molecule is Cc1cscc1C(Cc1c(C)nn(C)c1Cl)NN. The summed E-state index contributed by atoms with van der Waals surface area (Å²) in [5, 5.41) is 9.25. The molecule has 2 aromatic heterocycles. The molecule has 0 radical (unpaired) electrons. The van der Waals surface area contributed by atoms with Gasteiger partial charge in [-0.3, -0.25) is 16.0 Å². The average Bonchev–Trinajstić information content (AvgIpc) is 2.84. The van der Waals surface area contributed by atoms with Gasteiger partial charge in [0.15, 0.2) is 0 Å². The van der Waals surface area contributed by atoms with Crippen molar-refractivity contribution in [3.63, 3.8) is 0 Å². The molecule has 18 heavy (non-hydrogen) atoms. The summed E-state index contributed by atoms with van der Waals surface area (Å²) in [6.45, 7) is 4.06. The van der Waals surface area contributed by atoms with Crippen molar-refractivity contribution >= 4 is 22.9 Å². The molecule has 0 aliphatic heterocycles. The molecule has 4 nitrogen and oxygen atoms in total. The van der Waals surface area contributed by atoms with Gasteiger partial charge in [0.1, 0.15) is 5.15 Å². The maximum absolute atomic E-state index is 6.25. The van der Waals surface area contributed by atoms with Crippen molar-refractivity contribution in [2.24, 2.45) is 12.9 Å². The first kappa shape index (κ1) is 13.5. The Bertz CT molecular complexity index is 546. The van der Waals surface area contributed by atoms with Crippen LogP contribution in [0.1, 0.15) is 28.4 Å². The number of hydrogen-bond donors (Lipinski definition) is 2. The lowest BCUT2D eigenvalue weighted by Gasteiger charge is -2.16. The average molecular weight is 285 g/mol. The van der Waals surface area contributed by atoms with Gasteiger partial charge in [-0.05, 0) is 42.2 Å². The fourth-order valence-corrected chi connectivity index (χ4v) is 3.25. The van der Waals surface area contributed by atoms with Crippen LogP contribution in [-0.4, -0.2) is 9.78 Å². The van der Waals surface area contributed by atoms with Gasteiger partial charge in [0, 0.05) is 12.6 Å². The highest BCUT2D eigenvalue weighted by Gasteiger charge is 2.19. The predicted molar refractivity (Wildman–Crippen MR) is 75.8 cm³/mol. The van der Waals surface area contributed by atoms with Crippen molar-refractivity contribution in [2.45, 2.75) is 26.3 Å². The number of aryl methyl sites for hydroxylation is 3. The third kappa shape index (κ3) is 2.44. The number of nitrogens with one attached hydrogen (secondary N) is 1. The Balaban J connectivity index is 2.29. The van der Waals surface area contributed by atoms with Gasteiger partial charge in [0.25, 0.3) is 0 Å². The third-order valence-electron chi connectivity index (χ3n) is 3.15. The fraction of sp³-hybridized carbons (Fsp3) is 0.417. The van der Waals surface area contributed by atoms with Crippen LogP contribution in [0.25, 0.3) is 0 Å². The number of aromatic nitrogens is 2. The largest absolute Gasteiger partial charge is 0.271 e. The Hall–Kier alpha value is -0.880. The smallest absolute Gasteiger partial charge is 0.130 e. The lowest BCUT2D eigenvalue weighted by Crippen LogP contribution is -2.29. The van der Waals surface area contributed by atoms with E-state index in [9.17, 15) is 0 Å². The van der Waals surface area contributed by atoms with Crippen LogP contribution in [0.4, 0.5) is 0 Å². The van der Waals surface area contributed by atoms with Crippen molar-refractivity contribution in [1.82, 2.24) is 15.2 Å². The van der Waals surface area contributed by atoms with E-state index < -0.39 is 0 Å². The van der Waals surface area contributed by atoms with Crippen LogP contribution in [0.2, 0.25) is 5.15 Å². The van der Waals surface area contributed by atoms with Gasteiger partial charge in [-0.1, -0.05) is 11.6 Å². The van der Waals surface area contributed by atoms with Gasteiger partial charge in [-0.25, -0.2) is 0 Å². The minimum atomic E-state index is 0.0663. The summed E-state index contributed by atoms with van der Waals surface area (Å²) in [6, 6.07) is 0.0663. The summed E-state index contributed by atoms with van der Waals surface area (Å²) in [5.74, 6) is 5.67. The van der Waals surface area contributed by atoms with Crippen molar-refractivity contribution < 1.29 is 0 Å². The summed E-state index contributed by atoms with van der Waals surface area (Å²) < 4.78 is 1.69. The van der Waals surface area contributed by atoms with E-state index in [1.54, 1.807) is 16.0 Å². The van der Waals surface area contributed by atoms with Crippen molar-refractivity contribution in [3.8, 4) is 0 Å². The van der Waals surface area contributed by atoms with Crippen molar-refractivity contribution in [1.29, 1.82) is 0 Å². The highest BCUT2D eigenvalue weighted by Crippen LogP contribution is 2.28. The quantitative estimate of drug-likeness (QED) is 0.670. The molecule has 0 saturated carbocycles. The summed E-state index contributed by atoms with van der Waals surface area (Å²) in [6.07, 6.45) is 0.743. The van der Waals surface area contributed by atoms with Gasteiger partial charge < -0.3 is 0 Å². The van der Waals surface area contributed by atoms with E-state index in [2.05, 4.69) is 28.2 Å². The maximum Gasteiger partial charge on any atom is 0.130 e. The molecule has 2 aromatic rings. The summed E-state index contributed by atoms with van der Waals surface area (Å²) in [7, 11) is 1.85. The predicted octanol–water partition coefficient (Wildman–Crippen LogP) is 2.50. The molecule has 0 bridgehead atoms. The first-order valence-electron chi connectivity index (χ1n) is 5.71. The second-order valence-corrected chi connectivity index (χ2v) is 5.51. The van der Waals surface area contributed by atoms with Gasteiger partial charge in [-0.2, -0.15) is 16.4 Å². The fourth-order valence-electron chi connectivity index (χ4n) is 2.10. The normalized spacial score (nSPS) is 12.9. The van der Waals surface area contributed by atoms with Gasteiger partial charge in [0.2, 0.25) is 0 Å². The molecule has 1 unspecified atom stereocenters. The maximum atomic E-state index is 6.25. The number of hydrazine groups is 1. The Labute approximate surface area is 116 Å². The topological polar surface area (TPSA) is 55.9 Å². The number of nitrogens with two attached hydrogens (primary N) is 1. The first-order chi connectivity index (χ1) is 8.54. The second kappa shape index (κ2) is 5.40. The molecule has 98 valence electrons. The number of rotatable bonds is 4. The summed E-state index contributed by atoms with van der Waals surface area (Å²) >= 11 is 7.94. The minimum Gasteiger partial charge on any atom is -0.271 e. The minimum absolute atomic E-state index is 0.0663. The number of hydrogen-bond acceptors (Lipinski definition) is 4. The molecule has 0 amide bonds. The highest BCUT2D eigenvalue weighted by molar-refractivity contribution is 7.08. The van der Waals surface area contributed by atoms with Crippen LogP contribution in [0, 0.1) is 13.8 Å². The van der Waals surface area contributed by atoms with Gasteiger partial charge >= 0.3 is 0 Å². The second-order valence-electron chi connectivity index (χ2n) is 4.41. The van der Waals surface area contributed by atoms with Crippen LogP contribution in [0.3, 0.4) is 0 Å². The van der Waals surface area contributed by atoms with Crippen LogP contribution in [0.15, 0.2) is 10.8 Å².